The van der Waals surface area contributed by atoms with Crippen molar-refractivity contribution in [2.75, 3.05) is 26.3 Å². The maximum absolute atomic E-state index is 13.2. The smallest absolute Gasteiger partial charge is 0.253 e. The van der Waals surface area contributed by atoms with E-state index < -0.39 is 22.0 Å². The van der Waals surface area contributed by atoms with Crippen molar-refractivity contribution in [3.05, 3.63) is 58.9 Å². The number of sulfonamides is 1. The van der Waals surface area contributed by atoms with Crippen molar-refractivity contribution in [1.82, 2.24) is 19.6 Å². The van der Waals surface area contributed by atoms with Gasteiger partial charge in [0, 0.05) is 13.1 Å². The minimum atomic E-state index is -3.75. The lowest BCUT2D eigenvalue weighted by Gasteiger charge is -2.26. The van der Waals surface area contributed by atoms with Gasteiger partial charge in [-0.1, -0.05) is 37.6 Å². The van der Waals surface area contributed by atoms with Gasteiger partial charge in [0.05, 0.1) is 45.8 Å². The van der Waals surface area contributed by atoms with Gasteiger partial charge in [0.1, 0.15) is 5.82 Å². The van der Waals surface area contributed by atoms with Crippen LogP contribution in [0.2, 0.25) is 5.02 Å². The van der Waals surface area contributed by atoms with E-state index in [9.17, 15) is 13.2 Å². The summed E-state index contributed by atoms with van der Waals surface area (Å²) in [6.07, 6.45) is 0. The number of ether oxygens (including phenoxy) is 1. The highest BCUT2D eigenvalue weighted by molar-refractivity contribution is 7.89. The monoisotopic (exact) mass is 476 g/mol. The SMILES string of the molecule is CC(C)C(NC(=O)c1cc(S(=O)(=O)N2CCOCC2)ccc1Cl)c1nc2ccccc2[nH]1. The lowest BCUT2D eigenvalue weighted by atomic mass is 10.0. The van der Waals surface area contributed by atoms with Crippen LogP contribution in [0.1, 0.15) is 36.1 Å². The van der Waals surface area contributed by atoms with Crippen molar-refractivity contribution in [1.29, 1.82) is 0 Å². The van der Waals surface area contributed by atoms with Crippen molar-refractivity contribution in [3.63, 3.8) is 0 Å². The number of hydrogen-bond acceptors (Lipinski definition) is 5. The van der Waals surface area contributed by atoms with Gasteiger partial charge in [0.2, 0.25) is 10.0 Å². The number of fused-ring (bicyclic) bond motifs is 1. The van der Waals surface area contributed by atoms with Crippen LogP contribution in [0, 0.1) is 5.92 Å². The summed E-state index contributed by atoms with van der Waals surface area (Å²) in [5.74, 6) is 0.189. The van der Waals surface area contributed by atoms with Gasteiger partial charge in [0.25, 0.3) is 5.91 Å². The minimum absolute atomic E-state index is 0.0264. The average molecular weight is 477 g/mol. The van der Waals surface area contributed by atoms with E-state index in [0.29, 0.717) is 19.0 Å². The molecule has 8 nitrogen and oxygen atoms in total. The quantitative estimate of drug-likeness (QED) is 0.567. The molecule has 1 amide bonds. The predicted octanol–water partition coefficient (Wildman–Crippen LogP) is 3.36. The van der Waals surface area contributed by atoms with Gasteiger partial charge in [-0.3, -0.25) is 4.79 Å². The van der Waals surface area contributed by atoms with Crippen molar-refractivity contribution in [2.45, 2.75) is 24.8 Å². The maximum atomic E-state index is 13.2. The molecule has 2 aromatic carbocycles. The number of aromatic amines is 1. The van der Waals surface area contributed by atoms with Crippen LogP contribution in [0.5, 0.6) is 0 Å². The molecule has 0 spiro atoms. The molecule has 0 saturated carbocycles. The van der Waals surface area contributed by atoms with Crippen LogP contribution in [-0.4, -0.2) is 54.9 Å². The van der Waals surface area contributed by atoms with Gasteiger partial charge in [0.15, 0.2) is 0 Å². The summed E-state index contributed by atoms with van der Waals surface area (Å²) < 4.78 is 32.6. The number of carbonyl (C=O) groups excluding carboxylic acids is 1. The van der Waals surface area contributed by atoms with Gasteiger partial charge in [-0.25, -0.2) is 13.4 Å². The first-order chi connectivity index (χ1) is 15.3. The summed E-state index contributed by atoms with van der Waals surface area (Å²) in [7, 11) is -3.75. The number of morpholine rings is 1. The molecule has 2 N–H and O–H groups in total. The molecule has 0 radical (unpaired) electrons. The number of para-hydroxylation sites is 2. The van der Waals surface area contributed by atoms with Gasteiger partial charge in [-0.15, -0.1) is 0 Å². The van der Waals surface area contributed by atoms with Crippen LogP contribution >= 0.6 is 11.6 Å². The number of H-pyrrole nitrogens is 1. The van der Waals surface area contributed by atoms with Crippen LogP contribution in [-0.2, 0) is 14.8 Å². The van der Waals surface area contributed by atoms with Gasteiger partial charge in [-0.2, -0.15) is 4.31 Å². The van der Waals surface area contributed by atoms with Crippen LogP contribution < -0.4 is 5.32 Å². The number of aromatic nitrogens is 2. The molecule has 1 aliphatic rings. The fourth-order valence-corrected chi connectivity index (χ4v) is 5.30. The molecule has 170 valence electrons. The number of hydrogen-bond donors (Lipinski definition) is 2. The number of rotatable bonds is 6. The van der Waals surface area contributed by atoms with Crippen LogP contribution in [0.3, 0.4) is 0 Å². The molecule has 4 rings (SSSR count). The second-order valence-electron chi connectivity index (χ2n) is 7.99. The standard InChI is InChI=1S/C22H25ClN4O4S/c1-14(2)20(21-24-18-5-3-4-6-19(18)25-21)26-22(28)16-13-15(7-8-17(16)23)32(29,30)27-9-11-31-12-10-27/h3-8,13-14,20H,9-12H2,1-2H3,(H,24,25)(H,26,28). The van der Waals surface area contributed by atoms with Crippen LogP contribution in [0.4, 0.5) is 0 Å². The Labute approximate surface area is 192 Å². The Balaban J connectivity index is 1.62. The Kier molecular flexibility index (Phi) is 6.52. The summed E-state index contributed by atoms with van der Waals surface area (Å²) in [5.41, 5.74) is 1.78. The summed E-state index contributed by atoms with van der Waals surface area (Å²) in [6.45, 7) is 5.17. The molecular weight excluding hydrogens is 452 g/mol. The highest BCUT2D eigenvalue weighted by atomic mass is 35.5. The van der Waals surface area contributed by atoms with E-state index in [1.165, 1.54) is 22.5 Å². The van der Waals surface area contributed by atoms with Gasteiger partial charge < -0.3 is 15.0 Å². The van der Waals surface area contributed by atoms with Crippen molar-refractivity contribution < 1.29 is 17.9 Å². The van der Waals surface area contributed by atoms with E-state index in [1.54, 1.807) is 0 Å². The molecule has 32 heavy (non-hydrogen) atoms. The molecule has 1 aromatic heterocycles. The molecule has 3 aromatic rings. The molecular formula is C22H25ClN4O4S. The zero-order valence-electron chi connectivity index (χ0n) is 17.8. The zero-order valence-corrected chi connectivity index (χ0v) is 19.4. The van der Waals surface area contributed by atoms with E-state index in [0.717, 1.165) is 11.0 Å². The fraction of sp³-hybridized carbons (Fsp3) is 0.364. The highest BCUT2D eigenvalue weighted by Gasteiger charge is 2.29. The summed E-state index contributed by atoms with van der Waals surface area (Å²) >= 11 is 6.29. The Morgan fingerprint density at radius 3 is 2.59 bits per heavy atom. The Morgan fingerprint density at radius 1 is 1.19 bits per heavy atom. The van der Waals surface area contributed by atoms with Crippen molar-refractivity contribution >= 4 is 38.6 Å². The number of imidazole rings is 1. The second-order valence-corrected chi connectivity index (χ2v) is 10.3. The van der Waals surface area contributed by atoms with Gasteiger partial charge in [-0.05, 0) is 36.2 Å². The second kappa shape index (κ2) is 9.19. The zero-order chi connectivity index (χ0) is 22.9. The topological polar surface area (TPSA) is 104 Å². The Hall–Kier alpha value is -2.46. The van der Waals surface area contributed by atoms with E-state index >= 15 is 0 Å². The lowest BCUT2D eigenvalue weighted by Crippen LogP contribution is -2.40. The molecule has 1 aliphatic heterocycles. The third-order valence-electron chi connectivity index (χ3n) is 5.45. The van der Waals surface area contributed by atoms with Gasteiger partial charge >= 0.3 is 0 Å². The molecule has 0 bridgehead atoms. The lowest BCUT2D eigenvalue weighted by molar-refractivity contribution is 0.0730. The molecule has 1 unspecified atom stereocenters. The number of nitrogens with zero attached hydrogens (tertiary/aromatic N) is 2. The maximum Gasteiger partial charge on any atom is 0.253 e. The van der Waals surface area contributed by atoms with E-state index in [4.69, 9.17) is 16.3 Å². The predicted molar refractivity (Wildman–Crippen MR) is 122 cm³/mol. The molecule has 2 heterocycles. The molecule has 10 heteroatoms. The normalized spacial score (nSPS) is 16.4. The number of amides is 1. The van der Waals surface area contributed by atoms with E-state index in [1.807, 2.05) is 38.1 Å². The van der Waals surface area contributed by atoms with E-state index in [2.05, 4.69) is 15.3 Å². The third-order valence-corrected chi connectivity index (χ3v) is 7.67. The van der Waals surface area contributed by atoms with E-state index in [-0.39, 0.29) is 34.5 Å². The summed E-state index contributed by atoms with van der Waals surface area (Å²) in [5, 5.41) is 3.14. The van der Waals surface area contributed by atoms with Crippen molar-refractivity contribution in [3.8, 4) is 0 Å². The first-order valence-corrected chi connectivity index (χ1v) is 12.2. The third kappa shape index (κ3) is 4.52. The Bertz CT molecular complexity index is 1200. The molecule has 1 saturated heterocycles. The molecule has 1 atom stereocenters. The van der Waals surface area contributed by atoms with Crippen molar-refractivity contribution in [2.24, 2.45) is 5.92 Å². The minimum Gasteiger partial charge on any atom is -0.379 e. The largest absolute Gasteiger partial charge is 0.379 e. The number of carbonyl (C=O) groups is 1. The molecule has 0 aliphatic carbocycles. The number of halogens is 1. The van der Waals surface area contributed by atoms with Crippen LogP contribution in [0.15, 0.2) is 47.4 Å². The molecule has 1 fully saturated rings. The summed E-state index contributed by atoms with van der Waals surface area (Å²) in [4.78, 5) is 21.0. The number of benzene rings is 2. The first kappa shape index (κ1) is 22.7. The summed E-state index contributed by atoms with van der Waals surface area (Å²) in [6, 6.07) is 11.4. The Morgan fingerprint density at radius 2 is 1.91 bits per heavy atom. The average Bonchev–Trinajstić information content (AvgIpc) is 3.21. The van der Waals surface area contributed by atoms with Crippen LogP contribution in [0.25, 0.3) is 11.0 Å². The fourth-order valence-electron chi connectivity index (χ4n) is 3.66. The highest BCUT2D eigenvalue weighted by Crippen LogP contribution is 2.26. The first-order valence-electron chi connectivity index (χ1n) is 10.4. The number of nitrogens with one attached hydrogen (secondary N) is 2.